The monoisotopic (exact) mass is 387 g/mol. The van der Waals surface area contributed by atoms with Crippen molar-refractivity contribution in [2.24, 2.45) is 0 Å². The van der Waals surface area contributed by atoms with Gasteiger partial charge in [0.2, 0.25) is 14.8 Å². The van der Waals surface area contributed by atoms with Crippen molar-refractivity contribution < 1.29 is 9.59 Å². The number of benzene rings is 2. The summed E-state index contributed by atoms with van der Waals surface area (Å²) >= 11 is 18.4. The molecule has 0 aromatic heterocycles. The molecule has 2 aromatic rings. The van der Waals surface area contributed by atoms with E-state index in [2.05, 4.69) is 5.32 Å². The molecule has 120 valence electrons. The van der Waals surface area contributed by atoms with Crippen LogP contribution < -0.4 is 5.32 Å². The summed E-state index contributed by atoms with van der Waals surface area (Å²) in [6, 6.07) is 13.5. The largest absolute Gasteiger partial charge is 0.326 e. The summed E-state index contributed by atoms with van der Waals surface area (Å²) in [6.45, 7) is 1.44. The van der Waals surface area contributed by atoms with Crippen LogP contribution >= 0.6 is 46.6 Å². The van der Waals surface area contributed by atoms with Gasteiger partial charge in [0.1, 0.15) is 0 Å². The third-order valence-electron chi connectivity index (χ3n) is 2.83. The normalized spacial score (nSPS) is 11.1. The Balaban J connectivity index is 2.05. The van der Waals surface area contributed by atoms with Gasteiger partial charge in [-0.3, -0.25) is 9.59 Å². The molecule has 0 spiro atoms. The molecule has 0 aliphatic heterocycles. The van der Waals surface area contributed by atoms with Crippen molar-refractivity contribution in [3.8, 4) is 0 Å². The van der Waals surface area contributed by atoms with E-state index in [4.69, 9.17) is 34.8 Å². The summed E-state index contributed by atoms with van der Waals surface area (Å²) in [6.07, 6.45) is 0. The Kier molecular flexibility index (Phi) is 5.98. The zero-order valence-electron chi connectivity index (χ0n) is 12.0. The van der Waals surface area contributed by atoms with Crippen LogP contribution in [0.15, 0.2) is 53.4 Å². The van der Waals surface area contributed by atoms with Gasteiger partial charge in [-0.2, -0.15) is 0 Å². The van der Waals surface area contributed by atoms with Crippen LogP contribution in [-0.2, 0) is 8.59 Å². The van der Waals surface area contributed by atoms with Gasteiger partial charge in [0.15, 0.2) is 0 Å². The van der Waals surface area contributed by atoms with E-state index in [9.17, 15) is 9.59 Å². The molecule has 2 rings (SSSR count). The lowest BCUT2D eigenvalue weighted by Crippen LogP contribution is -2.05. The highest BCUT2D eigenvalue weighted by Gasteiger charge is 2.22. The summed E-state index contributed by atoms with van der Waals surface area (Å²) in [4.78, 5) is 24.0. The maximum atomic E-state index is 12.2. The summed E-state index contributed by atoms with van der Waals surface area (Å²) in [5, 5.41) is 2.55. The minimum Gasteiger partial charge on any atom is -0.326 e. The van der Waals surface area contributed by atoms with Crippen molar-refractivity contribution in [3.63, 3.8) is 0 Å². The number of halogens is 3. The van der Waals surface area contributed by atoms with Gasteiger partial charge in [-0.05, 0) is 36.0 Å². The molecular weight excluding hydrogens is 377 g/mol. The van der Waals surface area contributed by atoms with Crippen LogP contribution in [0.2, 0.25) is 0 Å². The Labute approximate surface area is 153 Å². The Morgan fingerprint density at radius 1 is 0.957 bits per heavy atom. The number of carbonyl (C=O) groups excluding carboxylic acids is 2. The first-order valence-corrected chi connectivity index (χ1v) is 8.48. The van der Waals surface area contributed by atoms with Gasteiger partial charge in [-0.15, -0.1) is 0 Å². The lowest BCUT2D eigenvalue weighted by Gasteiger charge is -2.11. The summed E-state index contributed by atoms with van der Waals surface area (Å²) in [5.74, 6) is -0.143. The van der Waals surface area contributed by atoms with Gasteiger partial charge in [-0.1, -0.05) is 59.1 Å². The van der Waals surface area contributed by atoms with E-state index < -0.39 is 3.79 Å². The minimum absolute atomic E-state index is 0.117. The predicted molar refractivity (Wildman–Crippen MR) is 96.6 cm³/mol. The number of hydrogen-bond acceptors (Lipinski definition) is 3. The number of rotatable bonds is 3. The average molecular weight is 389 g/mol. The minimum atomic E-state index is -1.51. The molecule has 0 heterocycles. The second-order valence-electron chi connectivity index (χ2n) is 4.67. The van der Waals surface area contributed by atoms with Crippen molar-refractivity contribution in [1.82, 2.24) is 0 Å². The van der Waals surface area contributed by atoms with Gasteiger partial charge in [-0.25, -0.2) is 0 Å². The van der Waals surface area contributed by atoms with Gasteiger partial charge < -0.3 is 5.32 Å². The van der Waals surface area contributed by atoms with E-state index in [0.29, 0.717) is 16.8 Å². The third kappa shape index (κ3) is 5.43. The number of thioether (sulfide) groups is 1. The maximum absolute atomic E-state index is 12.2. The van der Waals surface area contributed by atoms with Gasteiger partial charge in [0.05, 0.1) is 0 Å². The zero-order chi connectivity index (χ0) is 17.0. The molecule has 23 heavy (non-hydrogen) atoms. The Morgan fingerprint density at radius 2 is 1.52 bits per heavy atom. The molecule has 0 bridgehead atoms. The number of carbonyl (C=O) groups is 2. The maximum Gasteiger partial charge on any atom is 0.224 e. The lowest BCUT2D eigenvalue weighted by molar-refractivity contribution is -0.114. The first kappa shape index (κ1) is 18.1. The fourth-order valence-electron chi connectivity index (χ4n) is 1.77. The van der Waals surface area contributed by atoms with E-state index in [-0.39, 0.29) is 11.0 Å². The first-order valence-electron chi connectivity index (χ1n) is 6.53. The molecule has 1 N–H and O–H groups in total. The number of alkyl halides is 3. The fourth-order valence-corrected chi connectivity index (χ4v) is 2.89. The molecule has 0 saturated heterocycles. The van der Waals surface area contributed by atoms with E-state index in [0.717, 1.165) is 16.7 Å². The molecule has 0 atom stereocenters. The van der Waals surface area contributed by atoms with Crippen LogP contribution in [0.4, 0.5) is 5.69 Å². The Hall–Kier alpha value is -1.20. The standard InChI is InChI=1S/C16H12Cl3NO2S/c1-10(21)20-13-6-8-14(9-7-13)23-15(22)11-2-4-12(5-3-11)16(17,18)19/h2-9H,1H3,(H,20,21). The second-order valence-corrected chi connectivity index (χ2v) is 8.00. The van der Waals surface area contributed by atoms with Gasteiger partial charge >= 0.3 is 0 Å². The lowest BCUT2D eigenvalue weighted by atomic mass is 10.2. The molecule has 0 unspecified atom stereocenters. The van der Waals surface area contributed by atoms with Crippen molar-refractivity contribution in [2.75, 3.05) is 5.32 Å². The summed E-state index contributed by atoms with van der Waals surface area (Å²) in [5.41, 5.74) is 1.70. The molecule has 2 aromatic carbocycles. The summed E-state index contributed by atoms with van der Waals surface area (Å²) in [7, 11) is 0. The molecular formula is C16H12Cl3NO2S. The van der Waals surface area contributed by atoms with Crippen molar-refractivity contribution in [3.05, 3.63) is 59.7 Å². The SMILES string of the molecule is CC(=O)Nc1ccc(SC(=O)c2ccc(C(Cl)(Cl)Cl)cc2)cc1. The van der Waals surface area contributed by atoms with E-state index in [1.165, 1.54) is 6.92 Å². The van der Waals surface area contributed by atoms with Crippen molar-refractivity contribution >= 4 is 63.3 Å². The Bertz CT molecular complexity index is 710. The zero-order valence-corrected chi connectivity index (χ0v) is 15.1. The van der Waals surface area contributed by atoms with Crippen molar-refractivity contribution in [1.29, 1.82) is 0 Å². The number of hydrogen-bond donors (Lipinski definition) is 1. The topological polar surface area (TPSA) is 46.2 Å². The fraction of sp³-hybridized carbons (Fsp3) is 0.125. The molecule has 7 heteroatoms. The van der Waals surface area contributed by atoms with Crippen LogP contribution in [0, 0.1) is 0 Å². The van der Waals surface area contributed by atoms with Crippen LogP contribution in [0.3, 0.4) is 0 Å². The van der Waals surface area contributed by atoms with Gasteiger partial charge in [0, 0.05) is 28.6 Å². The molecule has 0 aliphatic rings. The van der Waals surface area contributed by atoms with Crippen LogP contribution in [0.5, 0.6) is 0 Å². The highest BCUT2D eigenvalue weighted by molar-refractivity contribution is 8.14. The molecule has 3 nitrogen and oxygen atoms in total. The van der Waals surface area contributed by atoms with Gasteiger partial charge in [0.25, 0.3) is 0 Å². The smallest absolute Gasteiger partial charge is 0.224 e. The number of nitrogens with one attached hydrogen (secondary N) is 1. The molecule has 0 fully saturated rings. The van der Waals surface area contributed by atoms with Crippen LogP contribution in [0.25, 0.3) is 0 Å². The predicted octanol–water partition coefficient (Wildman–Crippen LogP) is 5.40. The number of anilines is 1. The molecule has 1 amide bonds. The quantitative estimate of drug-likeness (QED) is 0.565. The van der Waals surface area contributed by atoms with Crippen LogP contribution in [0.1, 0.15) is 22.8 Å². The average Bonchev–Trinajstić information content (AvgIpc) is 2.48. The summed E-state index contributed by atoms with van der Waals surface area (Å²) < 4.78 is -1.51. The molecule has 0 saturated carbocycles. The van der Waals surface area contributed by atoms with Crippen LogP contribution in [-0.4, -0.2) is 11.0 Å². The van der Waals surface area contributed by atoms with E-state index in [1.54, 1.807) is 48.5 Å². The molecule has 0 radical (unpaired) electrons. The second kappa shape index (κ2) is 7.58. The molecule has 0 aliphatic carbocycles. The Morgan fingerprint density at radius 3 is 2.00 bits per heavy atom. The highest BCUT2D eigenvalue weighted by atomic mass is 35.6. The highest BCUT2D eigenvalue weighted by Crippen LogP contribution is 2.38. The first-order chi connectivity index (χ1) is 10.8. The van der Waals surface area contributed by atoms with E-state index in [1.807, 2.05) is 0 Å². The van der Waals surface area contributed by atoms with Crippen molar-refractivity contribution in [2.45, 2.75) is 15.6 Å². The third-order valence-corrected chi connectivity index (χ3v) is 4.42. The number of amides is 1. The van der Waals surface area contributed by atoms with E-state index >= 15 is 0 Å².